The van der Waals surface area contributed by atoms with Crippen LogP contribution in [0.25, 0.3) is 0 Å². The molecule has 1 unspecified atom stereocenters. The fraction of sp³-hybridized carbons (Fsp3) is 0.269. The Morgan fingerprint density at radius 3 is 2.27 bits per heavy atom. The number of ether oxygens (including phenoxy) is 1. The second-order valence-electron chi connectivity index (χ2n) is 7.37. The van der Waals surface area contributed by atoms with Gasteiger partial charge in [-0.3, -0.25) is 4.79 Å². The van der Waals surface area contributed by atoms with E-state index < -0.39 is 0 Å². The van der Waals surface area contributed by atoms with E-state index in [2.05, 4.69) is 29.6 Å². The summed E-state index contributed by atoms with van der Waals surface area (Å²) in [6.07, 6.45) is 1.51. The average Bonchev–Trinajstić information content (AvgIpc) is 2.81. The molecule has 0 aliphatic rings. The van der Waals surface area contributed by atoms with Crippen LogP contribution in [0.1, 0.15) is 34.0 Å². The first-order chi connectivity index (χ1) is 14.7. The van der Waals surface area contributed by atoms with Crippen LogP contribution < -0.4 is 10.1 Å². The number of para-hydroxylation sites is 1. The number of nitrogens with one attached hydrogen (secondary N) is 1. The summed E-state index contributed by atoms with van der Waals surface area (Å²) in [5.41, 5.74) is 2.92. The zero-order valence-electron chi connectivity index (χ0n) is 17.8. The van der Waals surface area contributed by atoms with E-state index in [4.69, 9.17) is 4.74 Å². The van der Waals surface area contributed by atoms with E-state index in [0.717, 1.165) is 24.9 Å². The molecule has 0 heterocycles. The molecule has 0 spiro atoms. The quantitative estimate of drug-likeness (QED) is 0.533. The number of amides is 1. The molecule has 1 N–H and O–H groups in total. The molecule has 1 atom stereocenters. The largest absolute Gasteiger partial charge is 0.485 e. The summed E-state index contributed by atoms with van der Waals surface area (Å²) >= 11 is 0. The van der Waals surface area contributed by atoms with Crippen LogP contribution in [0.4, 0.5) is 0 Å². The normalized spacial score (nSPS) is 11.7. The zero-order chi connectivity index (χ0) is 21.2. The Morgan fingerprint density at radius 1 is 0.933 bits per heavy atom. The highest BCUT2D eigenvalue weighted by molar-refractivity contribution is 5.96. The van der Waals surface area contributed by atoms with Gasteiger partial charge in [0.2, 0.25) is 0 Å². The Bertz CT molecular complexity index is 913. The molecule has 0 fully saturated rings. The lowest BCUT2D eigenvalue weighted by Gasteiger charge is -2.23. The molecule has 0 aliphatic heterocycles. The number of likely N-dealkylation sites (N-methyl/N-ethyl adjacent to an activating group) is 1. The van der Waals surface area contributed by atoms with Gasteiger partial charge in [0.1, 0.15) is 11.9 Å². The van der Waals surface area contributed by atoms with Crippen molar-refractivity contribution in [2.45, 2.75) is 18.9 Å². The number of carbonyl (C=O) groups excluding carboxylic acids is 1. The van der Waals surface area contributed by atoms with Crippen LogP contribution in [-0.2, 0) is 6.42 Å². The van der Waals surface area contributed by atoms with E-state index in [1.165, 1.54) is 5.56 Å². The lowest BCUT2D eigenvalue weighted by Crippen LogP contribution is -2.29. The van der Waals surface area contributed by atoms with Crippen molar-refractivity contribution >= 4 is 5.91 Å². The molecule has 1 amide bonds. The molecule has 0 aliphatic carbocycles. The Kier molecular flexibility index (Phi) is 8.04. The highest BCUT2D eigenvalue weighted by Crippen LogP contribution is 2.28. The minimum Gasteiger partial charge on any atom is -0.485 e. The van der Waals surface area contributed by atoms with Gasteiger partial charge >= 0.3 is 0 Å². The Hall–Kier alpha value is -3.11. The number of rotatable bonds is 10. The topological polar surface area (TPSA) is 41.6 Å². The minimum absolute atomic E-state index is 0.0260. The fourth-order valence-corrected chi connectivity index (χ4v) is 3.38. The molecule has 30 heavy (non-hydrogen) atoms. The lowest BCUT2D eigenvalue weighted by atomic mass is 10.1. The van der Waals surface area contributed by atoms with Crippen LogP contribution in [0.5, 0.6) is 5.75 Å². The van der Waals surface area contributed by atoms with Gasteiger partial charge in [-0.15, -0.1) is 0 Å². The van der Waals surface area contributed by atoms with Gasteiger partial charge < -0.3 is 15.0 Å². The average molecular weight is 403 g/mol. The maximum atomic E-state index is 13.2. The first-order valence-corrected chi connectivity index (χ1v) is 10.4. The second kappa shape index (κ2) is 11.2. The number of nitrogens with zero attached hydrogens (tertiary/aromatic N) is 1. The van der Waals surface area contributed by atoms with Crippen molar-refractivity contribution in [3.63, 3.8) is 0 Å². The van der Waals surface area contributed by atoms with E-state index in [9.17, 15) is 4.79 Å². The molecule has 156 valence electrons. The number of benzene rings is 3. The monoisotopic (exact) mass is 402 g/mol. The molecule has 0 saturated carbocycles. The number of hydrogen-bond acceptors (Lipinski definition) is 3. The summed E-state index contributed by atoms with van der Waals surface area (Å²) in [4.78, 5) is 14.9. The summed E-state index contributed by atoms with van der Waals surface area (Å²) in [6.45, 7) is 1.48. The third-order valence-corrected chi connectivity index (χ3v) is 5.14. The van der Waals surface area contributed by atoms with Gasteiger partial charge in [-0.2, -0.15) is 0 Å². The molecular formula is C26H30N2O2. The van der Waals surface area contributed by atoms with Crippen molar-refractivity contribution < 1.29 is 9.53 Å². The molecule has 4 nitrogen and oxygen atoms in total. The maximum Gasteiger partial charge on any atom is 0.257 e. The van der Waals surface area contributed by atoms with Crippen LogP contribution in [0, 0.1) is 0 Å². The fourth-order valence-electron chi connectivity index (χ4n) is 3.38. The van der Waals surface area contributed by atoms with E-state index in [1.54, 1.807) is 4.90 Å². The van der Waals surface area contributed by atoms with Crippen molar-refractivity contribution in [1.29, 1.82) is 0 Å². The highest BCUT2D eigenvalue weighted by Gasteiger charge is 2.20. The highest BCUT2D eigenvalue weighted by atomic mass is 16.5. The first-order valence-electron chi connectivity index (χ1n) is 10.4. The Labute approximate surface area is 179 Å². The summed E-state index contributed by atoms with van der Waals surface area (Å²) in [5.74, 6) is 0.598. The molecule has 0 radical (unpaired) electrons. The van der Waals surface area contributed by atoms with Gasteiger partial charge in [0.15, 0.2) is 0 Å². The van der Waals surface area contributed by atoms with Gasteiger partial charge in [-0.25, -0.2) is 0 Å². The van der Waals surface area contributed by atoms with Crippen LogP contribution in [0.15, 0.2) is 84.9 Å². The zero-order valence-corrected chi connectivity index (χ0v) is 17.8. The van der Waals surface area contributed by atoms with E-state index in [0.29, 0.717) is 17.9 Å². The smallest absolute Gasteiger partial charge is 0.257 e. The first kappa shape index (κ1) is 21.6. The summed E-state index contributed by atoms with van der Waals surface area (Å²) in [6, 6.07) is 27.9. The van der Waals surface area contributed by atoms with Crippen molar-refractivity contribution in [2.75, 3.05) is 27.2 Å². The number of hydrogen-bond donors (Lipinski definition) is 1. The SMILES string of the molecule is CNCCC(Oc1ccccc1C(=O)N(C)CCc1ccccc1)c1ccccc1. The maximum absolute atomic E-state index is 13.2. The summed E-state index contributed by atoms with van der Waals surface area (Å²) in [5, 5.41) is 3.19. The van der Waals surface area contributed by atoms with Gasteiger partial charge in [0, 0.05) is 20.0 Å². The van der Waals surface area contributed by atoms with Gasteiger partial charge in [-0.1, -0.05) is 72.8 Å². The van der Waals surface area contributed by atoms with Crippen molar-refractivity contribution in [3.05, 3.63) is 102 Å². The van der Waals surface area contributed by atoms with Crippen molar-refractivity contribution in [3.8, 4) is 5.75 Å². The molecule has 3 rings (SSSR count). The molecule has 0 bridgehead atoms. The Balaban J connectivity index is 1.74. The minimum atomic E-state index is -0.123. The van der Waals surface area contributed by atoms with E-state index >= 15 is 0 Å². The van der Waals surface area contributed by atoms with E-state index in [-0.39, 0.29) is 12.0 Å². The molecule has 3 aromatic carbocycles. The molecule has 4 heteroatoms. The Morgan fingerprint density at radius 2 is 1.57 bits per heavy atom. The summed E-state index contributed by atoms with van der Waals surface area (Å²) < 4.78 is 6.38. The van der Waals surface area contributed by atoms with E-state index in [1.807, 2.05) is 74.8 Å². The second-order valence-corrected chi connectivity index (χ2v) is 7.37. The van der Waals surface area contributed by atoms with Crippen molar-refractivity contribution in [2.24, 2.45) is 0 Å². The predicted molar refractivity (Wildman–Crippen MR) is 122 cm³/mol. The predicted octanol–water partition coefficient (Wildman–Crippen LogP) is 4.73. The third kappa shape index (κ3) is 5.94. The molecule has 0 aromatic heterocycles. The van der Waals surface area contributed by atoms with Crippen LogP contribution in [-0.4, -0.2) is 38.0 Å². The van der Waals surface area contributed by atoms with Crippen LogP contribution in [0.2, 0.25) is 0 Å². The lowest BCUT2D eigenvalue weighted by molar-refractivity contribution is 0.0788. The van der Waals surface area contributed by atoms with Gasteiger partial charge in [0.05, 0.1) is 5.56 Å². The van der Waals surface area contributed by atoms with Crippen LogP contribution >= 0.6 is 0 Å². The third-order valence-electron chi connectivity index (χ3n) is 5.14. The number of carbonyl (C=O) groups is 1. The molecule has 3 aromatic rings. The van der Waals surface area contributed by atoms with Gasteiger partial charge in [0.25, 0.3) is 5.91 Å². The van der Waals surface area contributed by atoms with Crippen LogP contribution in [0.3, 0.4) is 0 Å². The molecular weight excluding hydrogens is 372 g/mol. The van der Waals surface area contributed by atoms with Gasteiger partial charge in [-0.05, 0) is 43.3 Å². The standard InChI is InChI=1S/C26H30N2O2/c1-27-19-17-24(22-13-7-4-8-14-22)30-25-16-10-9-15-23(25)26(29)28(2)20-18-21-11-5-3-6-12-21/h3-16,24,27H,17-20H2,1-2H3. The molecule has 0 saturated heterocycles. The summed E-state index contributed by atoms with van der Waals surface area (Å²) in [7, 11) is 3.78. The van der Waals surface area contributed by atoms with Crippen molar-refractivity contribution in [1.82, 2.24) is 10.2 Å².